The molecule has 102 valence electrons. The number of rotatable bonds is 4. The molecule has 0 fully saturated rings. The number of carbonyl (C=O) groups excluding carboxylic acids is 1. The summed E-state index contributed by atoms with van der Waals surface area (Å²) >= 11 is 0. The molecule has 0 aliphatic carbocycles. The van der Waals surface area contributed by atoms with Gasteiger partial charge in [-0.25, -0.2) is 0 Å². The molecule has 0 aliphatic rings. The average molecular weight is 252 g/mol. The Morgan fingerprint density at radius 3 is 2.56 bits per heavy atom. The van der Waals surface area contributed by atoms with E-state index in [1.54, 1.807) is 0 Å². The minimum Gasteiger partial charge on any atom is -0.327 e. The molecule has 4 N–H and O–H groups in total. The maximum atomic E-state index is 11.8. The highest BCUT2D eigenvalue weighted by Crippen LogP contribution is 2.20. The Balaban J connectivity index is 2.54. The SMILES string of the molecule is CC(C)c1cc(NC(=O)CC(N)C(C)(C)C)n[nH]1. The van der Waals surface area contributed by atoms with Crippen LogP contribution in [0.5, 0.6) is 0 Å². The molecule has 1 aromatic rings. The molecule has 0 aliphatic heterocycles. The Labute approximate surface area is 109 Å². The number of anilines is 1. The van der Waals surface area contributed by atoms with Crippen LogP contribution in [0.3, 0.4) is 0 Å². The first-order valence-corrected chi connectivity index (χ1v) is 6.31. The van der Waals surface area contributed by atoms with E-state index in [2.05, 4.69) is 29.4 Å². The second-order valence-corrected chi connectivity index (χ2v) is 6.09. The summed E-state index contributed by atoms with van der Waals surface area (Å²) in [7, 11) is 0. The Morgan fingerprint density at radius 2 is 2.11 bits per heavy atom. The predicted molar refractivity (Wildman–Crippen MR) is 73.4 cm³/mol. The second-order valence-electron chi connectivity index (χ2n) is 6.09. The Kier molecular flexibility index (Phi) is 4.51. The van der Waals surface area contributed by atoms with Gasteiger partial charge in [-0.05, 0) is 11.3 Å². The van der Waals surface area contributed by atoms with Gasteiger partial charge in [0, 0.05) is 24.2 Å². The zero-order chi connectivity index (χ0) is 13.9. The van der Waals surface area contributed by atoms with Crippen LogP contribution in [0, 0.1) is 5.41 Å². The lowest BCUT2D eigenvalue weighted by Gasteiger charge is -2.26. The summed E-state index contributed by atoms with van der Waals surface area (Å²) in [5, 5.41) is 9.71. The molecule has 5 heteroatoms. The van der Waals surface area contributed by atoms with Crippen LogP contribution in [0.1, 0.15) is 52.7 Å². The molecule has 1 unspecified atom stereocenters. The van der Waals surface area contributed by atoms with E-state index in [1.165, 1.54) is 0 Å². The third kappa shape index (κ3) is 4.14. The van der Waals surface area contributed by atoms with Crippen molar-refractivity contribution in [1.29, 1.82) is 0 Å². The van der Waals surface area contributed by atoms with Crippen molar-refractivity contribution >= 4 is 11.7 Å². The van der Waals surface area contributed by atoms with Gasteiger partial charge in [-0.1, -0.05) is 34.6 Å². The highest BCUT2D eigenvalue weighted by atomic mass is 16.1. The van der Waals surface area contributed by atoms with Crippen LogP contribution in [-0.2, 0) is 4.79 Å². The van der Waals surface area contributed by atoms with Gasteiger partial charge in [0.25, 0.3) is 0 Å². The molecule has 0 radical (unpaired) electrons. The monoisotopic (exact) mass is 252 g/mol. The minimum atomic E-state index is -0.166. The van der Waals surface area contributed by atoms with Gasteiger partial charge in [-0.3, -0.25) is 9.89 Å². The highest BCUT2D eigenvalue weighted by Gasteiger charge is 2.23. The van der Waals surface area contributed by atoms with E-state index in [0.717, 1.165) is 5.69 Å². The third-order valence-electron chi connectivity index (χ3n) is 3.00. The van der Waals surface area contributed by atoms with Gasteiger partial charge in [0.2, 0.25) is 5.91 Å². The van der Waals surface area contributed by atoms with Gasteiger partial charge in [0.15, 0.2) is 5.82 Å². The smallest absolute Gasteiger partial charge is 0.227 e. The van der Waals surface area contributed by atoms with Crippen LogP contribution < -0.4 is 11.1 Å². The number of aromatic amines is 1. The number of amides is 1. The van der Waals surface area contributed by atoms with E-state index in [9.17, 15) is 4.79 Å². The number of hydrogen-bond donors (Lipinski definition) is 3. The predicted octanol–water partition coefficient (Wildman–Crippen LogP) is 2.24. The van der Waals surface area contributed by atoms with Crippen LogP contribution in [-0.4, -0.2) is 22.1 Å². The maximum absolute atomic E-state index is 11.8. The van der Waals surface area contributed by atoms with Crippen LogP contribution in [0.25, 0.3) is 0 Å². The number of carbonyl (C=O) groups is 1. The summed E-state index contributed by atoms with van der Waals surface area (Å²) in [6.07, 6.45) is 0.299. The summed E-state index contributed by atoms with van der Waals surface area (Å²) in [4.78, 5) is 11.8. The fraction of sp³-hybridized carbons (Fsp3) is 0.692. The summed E-state index contributed by atoms with van der Waals surface area (Å²) in [6.45, 7) is 10.2. The van der Waals surface area contributed by atoms with Gasteiger partial charge < -0.3 is 11.1 Å². The van der Waals surface area contributed by atoms with Crippen LogP contribution in [0.4, 0.5) is 5.82 Å². The van der Waals surface area contributed by atoms with Gasteiger partial charge in [-0.15, -0.1) is 0 Å². The van der Waals surface area contributed by atoms with Gasteiger partial charge >= 0.3 is 0 Å². The molecule has 5 nitrogen and oxygen atoms in total. The van der Waals surface area contributed by atoms with Gasteiger partial charge in [-0.2, -0.15) is 5.10 Å². The third-order valence-corrected chi connectivity index (χ3v) is 3.00. The molecule has 1 aromatic heterocycles. The van der Waals surface area contributed by atoms with Crippen LogP contribution in [0.2, 0.25) is 0 Å². The summed E-state index contributed by atoms with van der Waals surface area (Å²) in [6, 6.07) is 1.69. The number of aromatic nitrogens is 2. The average Bonchev–Trinajstić information content (AvgIpc) is 2.64. The lowest BCUT2D eigenvalue weighted by molar-refractivity contribution is -0.117. The number of nitrogens with one attached hydrogen (secondary N) is 2. The van der Waals surface area contributed by atoms with Crippen LogP contribution >= 0.6 is 0 Å². The lowest BCUT2D eigenvalue weighted by Crippen LogP contribution is -2.38. The summed E-state index contributed by atoms with van der Waals surface area (Å²) in [5.41, 5.74) is 6.90. The number of hydrogen-bond acceptors (Lipinski definition) is 3. The minimum absolute atomic E-state index is 0.0774. The molecule has 1 atom stereocenters. The van der Waals surface area contributed by atoms with Crippen LogP contribution in [0.15, 0.2) is 6.07 Å². The summed E-state index contributed by atoms with van der Waals surface area (Å²) < 4.78 is 0. The van der Waals surface area contributed by atoms with E-state index in [0.29, 0.717) is 18.2 Å². The lowest BCUT2D eigenvalue weighted by atomic mass is 9.85. The molecule has 18 heavy (non-hydrogen) atoms. The van der Waals surface area contributed by atoms with Crippen molar-refractivity contribution in [2.45, 2.75) is 53.0 Å². The number of H-pyrrole nitrogens is 1. The molecule has 1 amide bonds. The molecular formula is C13H24N4O. The quantitative estimate of drug-likeness (QED) is 0.768. The first-order chi connectivity index (χ1) is 8.20. The van der Waals surface area contributed by atoms with E-state index >= 15 is 0 Å². The molecule has 1 heterocycles. The molecule has 0 spiro atoms. The normalized spacial score (nSPS) is 13.7. The van der Waals surface area contributed by atoms with Crippen molar-refractivity contribution in [3.63, 3.8) is 0 Å². The number of nitrogens with zero attached hydrogens (tertiary/aromatic N) is 1. The maximum Gasteiger partial charge on any atom is 0.227 e. The zero-order valence-corrected chi connectivity index (χ0v) is 11.9. The number of nitrogens with two attached hydrogens (primary N) is 1. The van der Waals surface area contributed by atoms with E-state index in [-0.39, 0.29) is 17.4 Å². The fourth-order valence-electron chi connectivity index (χ4n) is 1.40. The Morgan fingerprint density at radius 1 is 1.50 bits per heavy atom. The zero-order valence-electron chi connectivity index (χ0n) is 11.9. The molecule has 1 rings (SSSR count). The second kappa shape index (κ2) is 5.52. The first kappa shape index (κ1) is 14.7. The standard InChI is InChI=1S/C13H24N4O/c1-8(2)9-6-11(17-16-9)15-12(18)7-10(14)13(3,4)5/h6,8,10H,7,14H2,1-5H3,(H2,15,16,17,18). The van der Waals surface area contributed by atoms with E-state index < -0.39 is 0 Å². The molecule has 0 bridgehead atoms. The van der Waals surface area contributed by atoms with E-state index in [4.69, 9.17) is 5.73 Å². The van der Waals surface area contributed by atoms with E-state index in [1.807, 2.05) is 26.8 Å². The van der Waals surface area contributed by atoms with Crippen molar-refractivity contribution in [3.8, 4) is 0 Å². The molecule has 0 aromatic carbocycles. The van der Waals surface area contributed by atoms with Gasteiger partial charge in [0.1, 0.15) is 0 Å². The van der Waals surface area contributed by atoms with Crippen molar-refractivity contribution in [2.24, 2.45) is 11.1 Å². The highest BCUT2D eigenvalue weighted by molar-refractivity contribution is 5.90. The van der Waals surface area contributed by atoms with Crippen molar-refractivity contribution < 1.29 is 4.79 Å². The largest absolute Gasteiger partial charge is 0.327 e. The molecular weight excluding hydrogens is 228 g/mol. The Bertz CT molecular complexity index is 403. The van der Waals surface area contributed by atoms with Crippen molar-refractivity contribution in [3.05, 3.63) is 11.8 Å². The summed E-state index contributed by atoms with van der Waals surface area (Å²) in [5.74, 6) is 0.823. The fourth-order valence-corrected chi connectivity index (χ4v) is 1.40. The first-order valence-electron chi connectivity index (χ1n) is 6.31. The van der Waals surface area contributed by atoms with Crippen molar-refractivity contribution in [1.82, 2.24) is 10.2 Å². The molecule has 0 saturated carbocycles. The van der Waals surface area contributed by atoms with Gasteiger partial charge in [0.05, 0.1) is 0 Å². The molecule has 0 saturated heterocycles. The Hall–Kier alpha value is -1.36. The van der Waals surface area contributed by atoms with Crippen molar-refractivity contribution in [2.75, 3.05) is 5.32 Å². The topological polar surface area (TPSA) is 83.8 Å².